The minimum atomic E-state index is 1.10. The van der Waals surface area contributed by atoms with Gasteiger partial charge in [0.2, 0.25) is 0 Å². The average molecular weight is 328 g/mol. The largest absolute Gasteiger partial charge is 0.320 e. The molecular formula is C19H21NS2. The molecular weight excluding hydrogens is 306 g/mol. The minimum Gasteiger partial charge on any atom is -0.320 e. The van der Waals surface area contributed by atoms with Gasteiger partial charge in [-0.1, -0.05) is 48.2 Å². The average Bonchev–Trinajstić information content (AvgIpc) is 2.96. The Kier molecular flexibility index (Phi) is 5.54. The van der Waals surface area contributed by atoms with Gasteiger partial charge in [-0.3, -0.25) is 0 Å². The molecule has 1 aromatic heterocycles. The molecule has 3 heteroatoms. The number of rotatable bonds is 7. The minimum absolute atomic E-state index is 1.10. The van der Waals surface area contributed by atoms with E-state index in [1.807, 2.05) is 30.1 Å². The Bertz CT molecular complexity index is 733. The second-order valence-corrected chi connectivity index (χ2v) is 7.36. The molecule has 0 unspecified atom stereocenters. The lowest BCUT2D eigenvalue weighted by molar-refractivity contribution is 0.674. The third kappa shape index (κ3) is 3.72. The van der Waals surface area contributed by atoms with Crippen LogP contribution in [0.5, 0.6) is 0 Å². The van der Waals surface area contributed by atoms with Crippen LogP contribution in [-0.2, 0) is 6.42 Å². The van der Waals surface area contributed by atoms with Crippen LogP contribution < -0.4 is 5.32 Å². The van der Waals surface area contributed by atoms with E-state index < -0.39 is 0 Å². The lowest BCUT2D eigenvalue weighted by atomic mass is 10.1. The summed E-state index contributed by atoms with van der Waals surface area (Å²) in [4.78, 5) is 2.78. The zero-order chi connectivity index (χ0) is 15.2. The Morgan fingerprint density at radius 1 is 0.955 bits per heavy atom. The quantitative estimate of drug-likeness (QED) is 0.567. The zero-order valence-electron chi connectivity index (χ0n) is 12.8. The van der Waals surface area contributed by atoms with Crippen LogP contribution >= 0.6 is 23.1 Å². The molecule has 0 atom stereocenters. The van der Waals surface area contributed by atoms with Gasteiger partial charge in [0, 0.05) is 25.3 Å². The van der Waals surface area contributed by atoms with Crippen LogP contribution in [0, 0.1) is 0 Å². The summed E-state index contributed by atoms with van der Waals surface area (Å²) in [6.45, 7) is 1.10. The van der Waals surface area contributed by atoms with Gasteiger partial charge >= 0.3 is 0 Å². The topological polar surface area (TPSA) is 12.0 Å². The van der Waals surface area contributed by atoms with E-state index in [4.69, 9.17) is 0 Å². The number of aryl methyl sites for hydroxylation is 1. The number of nitrogens with one attached hydrogen (secondary N) is 1. The standard InChI is InChI=1S/C19H21NS2/c1-20-13-7-6-9-15-8-2-4-11-17(15)22-19-14-21-18-12-5-3-10-16(18)19/h2-5,8,10-12,14,20H,6-7,9,13H2,1H3. The fourth-order valence-electron chi connectivity index (χ4n) is 2.58. The van der Waals surface area contributed by atoms with E-state index in [-0.39, 0.29) is 0 Å². The van der Waals surface area contributed by atoms with Crippen LogP contribution in [0.25, 0.3) is 10.1 Å². The Hall–Kier alpha value is -1.29. The van der Waals surface area contributed by atoms with Gasteiger partial charge < -0.3 is 5.32 Å². The molecule has 0 aliphatic heterocycles. The molecule has 0 aliphatic rings. The van der Waals surface area contributed by atoms with E-state index in [9.17, 15) is 0 Å². The van der Waals surface area contributed by atoms with Crippen LogP contribution in [0.3, 0.4) is 0 Å². The van der Waals surface area contributed by atoms with Crippen molar-refractivity contribution in [1.82, 2.24) is 5.32 Å². The highest BCUT2D eigenvalue weighted by molar-refractivity contribution is 7.99. The number of fused-ring (bicyclic) bond motifs is 1. The highest BCUT2D eigenvalue weighted by atomic mass is 32.2. The molecule has 2 aromatic carbocycles. The Balaban J connectivity index is 1.77. The van der Waals surface area contributed by atoms with Crippen LogP contribution in [0.2, 0.25) is 0 Å². The molecule has 22 heavy (non-hydrogen) atoms. The highest BCUT2D eigenvalue weighted by Gasteiger charge is 2.08. The molecule has 3 rings (SSSR count). The van der Waals surface area contributed by atoms with Crippen LogP contribution in [0.4, 0.5) is 0 Å². The predicted molar refractivity (Wildman–Crippen MR) is 99.3 cm³/mol. The molecule has 0 radical (unpaired) electrons. The fraction of sp³-hybridized carbons (Fsp3) is 0.263. The summed E-state index contributed by atoms with van der Waals surface area (Å²) in [5.74, 6) is 0. The molecule has 1 nitrogen and oxygen atoms in total. The maximum Gasteiger partial charge on any atom is 0.0354 e. The highest BCUT2D eigenvalue weighted by Crippen LogP contribution is 2.38. The molecule has 114 valence electrons. The maximum atomic E-state index is 3.22. The van der Waals surface area contributed by atoms with Crippen LogP contribution in [0.1, 0.15) is 18.4 Å². The predicted octanol–water partition coefficient (Wildman–Crippen LogP) is 5.59. The van der Waals surface area contributed by atoms with Crippen molar-refractivity contribution in [2.24, 2.45) is 0 Å². The Morgan fingerprint density at radius 2 is 1.77 bits per heavy atom. The molecule has 1 N–H and O–H groups in total. The number of hydrogen-bond acceptors (Lipinski definition) is 3. The summed E-state index contributed by atoms with van der Waals surface area (Å²) in [5, 5.41) is 6.88. The second kappa shape index (κ2) is 7.82. The SMILES string of the molecule is CNCCCCc1ccccc1Sc1csc2ccccc12. The molecule has 0 spiro atoms. The molecule has 0 saturated carbocycles. The molecule has 3 aromatic rings. The van der Waals surface area contributed by atoms with Gasteiger partial charge in [-0.2, -0.15) is 0 Å². The van der Waals surface area contributed by atoms with Crippen molar-refractivity contribution in [3.63, 3.8) is 0 Å². The van der Waals surface area contributed by atoms with Gasteiger partial charge in [0.05, 0.1) is 0 Å². The zero-order valence-corrected chi connectivity index (χ0v) is 14.5. The third-order valence-corrected chi connectivity index (χ3v) is 6.05. The van der Waals surface area contributed by atoms with Gasteiger partial charge in [-0.15, -0.1) is 11.3 Å². The van der Waals surface area contributed by atoms with E-state index in [1.54, 1.807) is 0 Å². The van der Waals surface area contributed by atoms with E-state index >= 15 is 0 Å². The summed E-state index contributed by atoms with van der Waals surface area (Å²) < 4.78 is 1.37. The Labute approximate surface area is 140 Å². The van der Waals surface area contributed by atoms with E-state index in [0.717, 1.165) is 13.0 Å². The lowest BCUT2D eigenvalue weighted by Crippen LogP contribution is -2.07. The Morgan fingerprint density at radius 3 is 2.68 bits per heavy atom. The number of benzene rings is 2. The number of hydrogen-bond donors (Lipinski definition) is 1. The van der Waals surface area contributed by atoms with Crippen molar-refractivity contribution in [3.8, 4) is 0 Å². The summed E-state index contributed by atoms with van der Waals surface area (Å²) in [6, 6.07) is 17.5. The fourth-order valence-corrected chi connectivity index (χ4v) is 4.78. The van der Waals surface area contributed by atoms with Gasteiger partial charge in [-0.25, -0.2) is 0 Å². The maximum absolute atomic E-state index is 3.22. The summed E-state index contributed by atoms with van der Waals surface area (Å²) >= 11 is 3.74. The number of thiophene rings is 1. The van der Waals surface area contributed by atoms with Crippen molar-refractivity contribution in [1.29, 1.82) is 0 Å². The van der Waals surface area contributed by atoms with E-state index in [2.05, 4.69) is 59.2 Å². The third-order valence-electron chi connectivity index (χ3n) is 3.76. The first-order valence-electron chi connectivity index (χ1n) is 7.75. The van der Waals surface area contributed by atoms with Gasteiger partial charge in [0.1, 0.15) is 0 Å². The van der Waals surface area contributed by atoms with Crippen molar-refractivity contribution >= 4 is 33.2 Å². The summed E-state index contributed by atoms with van der Waals surface area (Å²) in [5.41, 5.74) is 1.47. The lowest BCUT2D eigenvalue weighted by Gasteiger charge is -2.08. The van der Waals surface area contributed by atoms with Crippen molar-refractivity contribution in [2.45, 2.75) is 29.1 Å². The normalized spacial score (nSPS) is 11.1. The number of unbranched alkanes of at least 4 members (excludes halogenated alkanes) is 1. The van der Waals surface area contributed by atoms with Crippen molar-refractivity contribution in [2.75, 3.05) is 13.6 Å². The first-order chi connectivity index (χ1) is 10.9. The van der Waals surface area contributed by atoms with Crippen molar-refractivity contribution in [3.05, 3.63) is 59.5 Å². The summed E-state index contributed by atoms with van der Waals surface area (Å²) in [7, 11) is 2.02. The van der Waals surface area contributed by atoms with Gasteiger partial charge in [0.15, 0.2) is 0 Å². The molecule has 0 bridgehead atoms. The summed E-state index contributed by atoms with van der Waals surface area (Å²) in [6.07, 6.45) is 3.63. The molecule has 0 fully saturated rings. The molecule has 0 saturated heterocycles. The molecule has 1 heterocycles. The first kappa shape index (κ1) is 15.6. The molecule has 0 amide bonds. The van der Waals surface area contributed by atoms with Crippen LogP contribution in [-0.4, -0.2) is 13.6 Å². The van der Waals surface area contributed by atoms with Gasteiger partial charge in [-0.05, 0) is 50.6 Å². The molecule has 0 aliphatic carbocycles. The van der Waals surface area contributed by atoms with E-state index in [1.165, 1.54) is 38.3 Å². The van der Waals surface area contributed by atoms with Crippen molar-refractivity contribution < 1.29 is 0 Å². The first-order valence-corrected chi connectivity index (χ1v) is 9.44. The van der Waals surface area contributed by atoms with Gasteiger partial charge in [0.25, 0.3) is 0 Å². The van der Waals surface area contributed by atoms with E-state index in [0.29, 0.717) is 0 Å². The van der Waals surface area contributed by atoms with Crippen LogP contribution in [0.15, 0.2) is 63.7 Å². The smallest absolute Gasteiger partial charge is 0.0354 e. The second-order valence-electron chi connectivity index (χ2n) is 5.37. The monoisotopic (exact) mass is 327 g/mol.